The van der Waals surface area contributed by atoms with E-state index in [0.29, 0.717) is 13.2 Å². The van der Waals surface area contributed by atoms with Gasteiger partial charge in [0, 0.05) is 31.5 Å². The number of benzene rings is 2. The lowest BCUT2D eigenvalue weighted by Crippen LogP contribution is -2.29. The van der Waals surface area contributed by atoms with E-state index in [-0.39, 0.29) is 0 Å². The fourth-order valence-electron chi connectivity index (χ4n) is 3.76. The van der Waals surface area contributed by atoms with Crippen LogP contribution in [0.4, 0.5) is 5.69 Å². The van der Waals surface area contributed by atoms with Crippen LogP contribution in [0.15, 0.2) is 48.5 Å². The summed E-state index contributed by atoms with van der Waals surface area (Å²) in [6.45, 7) is 6.10. The molecule has 0 saturated carbocycles. The molecule has 5 nitrogen and oxygen atoms in total. The van der Waals surface area contributed by atoms with Crippen LogP contribution in [0, 0.1) is 0 Å². The largest absolute Gasteiger partial charge is 0.491 e. The minimum atomic E-state index is -0.935. The molecular formula is C26H33NO4. The van der Waals surface area contributed by atoms with Gasteiger partial charge >= 0.3 is 5.97 Å². The molecule has 0 radical (unpaired) electrons. The molecule has 31 heavy (non-hydrogen) atoms. The third-order valence-corrected chi connectivity index (χ3v) is 5.46. The van der Waals surface area contributed by atoms with Crippen LogP contribution in [-0.2, 0) is 9.53 Å². The molecule has 1 fully saturated rings. The van der Waals surface area contributed by atoms with Gasteiger partial charge in [-0.25, -0.2) is 4.79 Å². The number of nitrogens with zero attached hydrogens (tertiary/aromatic N) is 1. The standard InChI is InChI=1S/C26H33NO4/c1-2-3-17-30-18-19-31-24-11-7-21(8-12-24)22-9-13-25(27-15-5-4-6-16-27)23(20-22)10-14-26(28)29/h7-14,20H,2-6,15-19H2,1H3,(H,28,29). The Morgan fingerprint density at radius 2 is 1.74 bits per heavy atom. The highest BCUT2D eigenvalue weighted by atomic mass is 16.5. The van der Waals surface area contributed by atoms with E-state index in [2.05, 4.69) is 30.0 Å². The van der Waals surface area contributed by atoms with Crippen LogP contribution in [0.25, 0.3) is 17.2 Å². The summed E-state index contributed by atoms with van der Waals surface area (Å²) >= 11 is 0. The van der Waals surface area contributed by atoms with Crippen LogP contribution in [0.1, 0.15) is 44.6 Å². The predicted octanol–water partition coefficient (Wildman–Crippen LogP) is 5.64. The Kier molecular flexibility index (Phi) is 8.98. The van der Waals surface area contributed by atoms with Crippen molar-refractivity contribution in [2.24, 2.45) is 0 Å². The van der Waals surface area contributed by atoms with E-state index in [1.54, 1.807) is 6.08 Å². The van der Waals surface area contributed by atoms with Gasteiger partial charge in [0.1, 0.15) is 12.4 Å². The number of carboxylic acids is 1. The lowest BCUT2D eigenvalue weighted by atomic mass is 9.99. The second kappa shape index (κ2) is 12.2. The van der Waals surface area contributed by atoms with Crippen molar-refractivity contribution in [1.29, 1.82) is 0 Å². The first kappa shape index (κ1) is 22.9. The van der Waals surface area contributed by atoms with Crippen LogP contribution < -0.4 is 9.64 Å². The van der Waals surface area contributed by atoms with Gasteiger partial charge in [-0.3, -0.25) is 0 Å². The number of anilines is 1. The summed E-state index contributed by atoms with van der Waals surface area (Å²) in [6.07, 6.45) is 8.74. The number of carboxylic acid groups (broad SMARTS) is 1. The zero-order valence-electron chi connectivity index (χ0n) is 18.4. The van der Waals surface area contributed by atoms with Crippen LogP contribution in [-0.4, -0.2) is 44.0 Å². The van der Waals surface area contributed by atoms with Crippen molar-refractivity contribution in [3.8, 4) is 16.9 Å². The second-order valence-corrected chi connectivity index (χ2v) is 7.83. The average Bonchev–Trinajstić information content (AvgIpc) is 2.81. The van der Waals surface area contributed by atoms with Crippen molar-refractivity contribution in [3.63, 3.8) is 0 Å². The monoisotopic (exact) mass is 423 g/mol. The molecule has 0 aromatic heterocycles. The number of hydrogen-bond donors (Lipinski definition) is 1. The number of hydrogen-bond acceptors (Lipinski definition) is 4. The first-order valence-corrected chi connectivity index (χ1v) is 11.3. The SMILES string of the molecule is CCCCOCCOc1ccc(-c2ccc(N3CCCCC3)c(C=CC(=O)O)c2)cc1. The molecule has 5 heteroatoms. The molecule has 0 spiro atoms. The van der Waals surface area contributed by atoms with Crippen molar-refractivity contribution in [2.45, 2.75) is 39.0 Å². The van der Waals surface area contributed by atoms with Gasteiger partial charge in [-0.2, -0.15) is 0 Å². The molecular weight excluding hydrogens is 390 g/mol. The molecule has 3 rings (SSSR count). The van der Waals surface area contributed by atoms with E-state index >= 15 is 0 Å². The highest BCUT2D eigenvalue weighted by Gasteiger charge is 2.14. The molecule has 1 aliphatic heterocycles. The van der Waals surface area contributed by atoms with Crippen molar-refractivity contribution < 1.29 is 19.4 Å². The third-order valence-electron chi connectivity index (χ3n) is 5.46. The number of carbonyl (C=O) groups is 1. The molecule has 0 aliphatic carbocycles. The maximum absolute atomic E-state index is 11.1. The number of piperidine rings is 1. The summed E-state index contributed by atoms with van der Waals surface area (Å²) in [7, 11) is 0. The Hall–Kier alpha value is -2.79. The van der Waals surface area contributed by atoms with E-state index in [1.165, 1.54) is 25.3 Å². The van der Waals surface area contributed by atoms with Crippen LogP contribution >= 0.6 is 0 Å². The highest BCUT2D eigenvalue weighted by molar-refractivity contribution is 5.88. The summed E-state index contributed by atoms with van der Waals surface area (Å²) < 4.78 is 11.3. The van der Waals surface area contributed by atoms with Crippen molar-refractivity contribution in [2.75, 3.05) is 37.8 Å². The molecule has 166 valence electrons. The highest BCUT2D eigenvalue weighted by Crippen LogP contribution is 2.31. The van der Waals surface area contributed by atoms with E-state index < -0.39 is 5.97 Å². The first-order chi connectivity index (χ1) is 15.2. The van der Waals surface area contributed by atoms with Gasteiger partial charge in [-0.15, -0.1) is 0 Å². The fourth-order valence-corrected chi connectivity index (χ4v) is 3.76. The maximum atomic E-state index is 11.1. The summed E-state index contributed by atoms with van der Waals surface area (Å²) in [5.41, 5.74) is 4.16. The normalized spacial score (nSPS) is 14.2. The minimum Gasteiger partial charge on any atom is -0.491 e. The van der Waals surface area contributed by atoms with E-state index in [0.717, 1.165) is 60.7 Å². The number of aliphatic carboxylic acids is 1. The number of unbranched alkanes of at least 4 members (excludes halogenated alkanes) is 1. The van der Waals surface area contributed by atoms with Gasteiger partial charge in [0.05, 0.1) is 6.61 Å². The molecule has 1 saturated heterocycles. The van der Waals surface area contributed by atoms with Gasteiger partial charge in [0.15, 0.2) is 0 Å². The summed E-state index contributed by atoms with van der Waals surface area (Å²) in [5.74, 6) is -0.117. The smallest absolute Gasteiger partial charge is 0.328 e. The van der Waals surface area contributed by atoms with E-state index in [1.807, 2.05) is 24.3 Å². The fraction of sp³-hybridized carbons (Fsp3) is 0.423. The van der Waals surface area contributed by atoms with Crippen molar-refractivity contribution in [1.82, 2.24) is 0 Å². The molecule has 1 aliphatic rings. The Bertz CT molecular complexity index is 854. The Balaban J connectivity index is 1.69. The third kappa shape index (κ3) is 7.14. The zero-order chi connectivity index (χ0) is 21.9. The Morgan fingerprint density at radius 3 is 2.45 bits per heavy atom. The van der Waals surface area contributed by atoms with Gasteiger partial charge in [0.25, 0.3) is 0 Å². The lowest BCUT2D eigenvalue weighted by molar-refractivity contribution is -0.131. The van der Waals surface area contributed by atoms with Gasteiger partial charge in [0.2, 0.25) is 0 Å². The molecule has 0 atom stereocenters. The lowest BCUT2D eigenvalue weighted by Gasteiger charge is -2.30. The van der Waals surface area contributed by atoms with E-state index in [4.69, 9.17) is 14.6 Å². The molecule has 1 N–H and O–H groups in total. The average molecular weight is 424 g/mol. The van der Waals surface area contributed by atoms with Crippen LogP contribution in [0.3, 0.4) is 0 Å². The van der Waals surface area contributed by atoms with E-state index in [9.17, 15) is 4.79 Å². The second-order valence-electron chi connectivity index (χ2n) is 7.83. The number of ether oxygens (including phenoxy) is 2. The quantitative estimate of drug-likeness (QED) is 0.374. The maximum Gasteiger partial charge on any atom is 0.328 e. The molecule has 0 bridgehead atoms. The molecule has 1 heterocycles. The first-order valence-electron chi connectivity index (χ1n) is 11.3. The van der Waals surface area contributed by atoms with Crippen molar-refractivity contribution >= 4 is 17.7 Å². The number of rotatable bonds is 11. The molecule has 2 aromatic rings. The Labute approximate surface area is 185 Å². The summed E-state index contributed by atoms with van der Waals surface area (Å²) in [5, 5.41) is 9.10. The topological polar surface area (TPSA) is 59.0 Å². The molecule has 2 aromatic carbocycles. The zero-order valence-corrected chi connectivity index (χ0v) is 18.4. The van der Waals surface area contributed by atoms with Gasteiger partial charge < -0.3 is 19.5 Å². The van der Waals surface area contributed by atoms with Gasteiger partial charge in [-0.05, 0) is 72.7 Å². The predicted molar refractivity (Wildman–Crippen MR) is 126 cm³/mol. The van der Waals surface area contributed by atoms with Crippen LogP contribution in [0.5, 0.6) is 5.75 Å². The summed E-state index contributed by atoms with van der Waals surface area (Å²) in [4.78, 5) is 13.4. The molecule has 0 amide bonds. The summed E-state index contributed by atoms with van der Waals surface area (Å²) in [6, 6.07) is 14.3. The minimum absolute atomic E-state index is 0.539. The molecule has 0 unspecified atom stereocenters. The van der Waals surface area contributed by atoms with Gasteiger partial charge in [-0.1, -0.05) is 31.5 Å². The Morgan fingerprint density at radius 1 is 1.00 bits per heavy atom. The van der Waals surface area contributed by atoms with Crippen molar-refractivity contribution in [3.05, 3.63) is 54.1 Å². The van der Waals surface area contributed by atoms with Crippen LogP contribution in [0.2, 0.25) is 0 Å².